The van der Waals surface area contributed by atoms with Gasteiger partial charge in [-0.2, -0.15) is 0 Å². The van der Waals surface area contributed by atoms with Crippen LogP contribution in [0.5, 0.6) is 0 Å². The van der Waals surface area contributed by atoms with Gasteiger partial charge in [0, 0.05) is 30.3 Å². The number of para-hydroxylation sites is 2. The van der Waals surface area contributed by atoms with Gasteiger partial charge < -0.3 is 0 Å². The number of hydrogen-bond acceptors (Lipinski definition) is 6. The van der Waals surface area contributed by atoms with Gasteiger partial charge in [0.2, 0.25) is 0 Å². The Morgan fingerprint density at radius 2 is 0.833 bits per heavy atom. The molecule has 4 heterocycles. The summed E-state index contributed by atoms with van der Waals surface area (Å²) in [6.45, 7) is 0. The van der Waals surface area contributed by atoms with Crippen molar-refractivity contribution in [2.75, 3.05) is 0 Å². The number of aromatic nitrogens is 2. The van der Waals surface area contributed by atoms with E-state index in [2.05, 4.69) is 121 Å². The Labute approximate surface area is 259 Å². The topological polar surface area (TPSA) is 25.8 Å². The Balaban J connectivity index is 0.933. The van der Waals surface area contributed by atoms with Gasteiger partial charge in [-0.05, 0) is 59.7 Å². The molecule has 0 aliphatic rings. The van der Waals surface area contributed by atoms with Gasteiger partial charge >= 0.3 is 0 Å². The zero-order chi connectivity index (χ0) is 27.9. The monoisotopic (exact) mass is 610 g/mol. The Hall–Kier alpha value is -4.20. The van der Waals surface area contributed by atoms with E-state index in [0.29, 0.717) is 0 Å². The van der Waals surface area contributed by atoms with Crippen molar-refractivity contribution >= 4 is 99.5 Å². The van der Waals surface area contributed by atoms with Gasteiger partial charge in [-0.25, -0.2) is 9.97 Å². The fourth-order valence-corrected chi connectivity index (χ4v) is 9.02. The summed E-state index contributed by atoms with van der Waals surface area (Å²) in [6, 6.07) is 38.5. The Morgan fingerprint density at radius 1 is 0.405 bits per heavy atom. The molecule has 8 rings (SSSR count). The van der Waals surface area contributed by atoms with Crippen LogP contribution in [0.15, 0.2) is 109 Å². The van der Waals surface area contributed by atoms with E-state index >= 15 is 0 Å². The number of benzene rings is 4. The van der Waals surface area contributed by atoms with E-state index in [1.807, 2.05) is 34.8 Å². The number of thiophene rings is 2. The van der Waals surface area contributed by atoms with Crippen molar-refractivity contribution in [2.45, 2.75) is 0 Å². The molecule has 200 valence electrons. The summed E-state index contributed by atoms with van der Waals surface area (Å²) in [5, 5.41) is 2.13. The number of thiazole rings is 2. The fourth-order valence-electron chi connectivity index (χ4n) is 4.86. The molecule has 0 fully saturated rings. The van der Waals surface area contributed by atoms with E-state index in [-0.39, 0.29) is 0 Å². The first-order valence-electron chi connectivity index (χ1n) is 13.6. The lowest BCUT2D eigenvalue weighted by Crippen LogP contribution is -1.77. The van der Waals surface area contributed by atoms with E-state index < -0.39 is 0 Å². The lowest BCUT2D eigenvalue weighted by atomic mass is 10.1. The van der Waals surface area contributed by atoms with Crippen molar-refractivity contribution in [3.63, 3.8) is 0 Å². The Bertz CT molecular complexity index is 1990. The average Bonchev–Trinajstić information content (AvgIpc) is 3.81. The first kappa shape index (κ1) is 25.5. The van der Waals surface area contributed by atoms with E-state index in [9.17, 15) is 0 Å². The second-order valence-corrected chi connectivity index (χ2v) is 14.2. The molecule has 0 N–H and O–H groups in total. The van der Waals surface area contributed by atoms with Crippen molar-refractivity contribution < 1.29 is 0 Å². The molecule has 0 atom stereocenters. The van der Waals surface area contributed by atoms with E-state index in [1.165, 1.54) is 39.7 Å². The molecular formula is C36H22N2S4. The molecule has 8 aromatic rings. The van der Waals surface area contributed by atoms with Crippen molar-refractivity contribution in [3.8, 4) is 21.1 Å². The highest BCUT2D eigenvalue weighted by Crippen LogP contribution is 2.36. The smallest absolute Gasteiger partial charge is 0.124 e. The molecular weight excluding hydrogens is 589 g/mol. The molecule has 0 radical (unpaired) electrons. The summed E-state index contributed by atoms with van der Waals surface area (Å²) in [6.07, 6.45) is 8.81. The van der Waals surface area contributed by atoms with Crippen LogP contribution in [0.4, 0.5) is 0 Å². The van der Waals surface area contributed by atoms with Crippen LogP contribution in [-0.2, 0) is 0 Å². The lowest BCUT2D eigenvalue weighted by Gasteiger charge is -1.97. The molecule has 0 saturated heterocycles. The van der Waals surface area contributed by atoms with Gasteiger partial charge in [-0.15, -0.1) is 45.3 Å². The van der Waals surface area contributed by atoms with Crippen LogP contribution in [-0.4, -0.2) is 9.97 Å². The second kappa shape index (κ2) is 10.9. The van der Waals surface area contributed by atoms with Crippen molar-refractivity contribution in [1.82, 2.24) is 9.97 Å². The third kappa shape index (κ3) is 5.14. The molecule has 4 aromatic carbocycles. The van der Waals surface area contributed by atoms with Crippen molar-refractivity contribution in [1.29, 1.82) is 0 Å². The Kier molecular flexibility index (Phi) is 6.62. The third-order valence-electron chi connectivity index (χ3n) is 7.03. The van der Waals surface area contributed by atoms with Crippen LogP contribution in [0, 0.1) is 0 Å². The molecule has 42 heavy (non-hydrogen) atoms. The van der Waals surface area contributed by atoms with Crippen LogP contribution in [0.3, 0.4) is 0 Å². The largest absolute Gasteiger partial charge is 0.236 e. The second-order valence-electron chi connectivity index (χ2n) is 9.91. The van der Waals surface area contributed by atoms with Gasteiger partial charge in [0.15, 0.2) is 0 Å². The number of rotatable bonds is 6. The van der Waals surface area contributed by atoms with Gasteiger partial charge in [0.1, 0.15) is 10.0 Å². The summed E-state index contributed by atoms with van der Waals surface area (Å²) >= 11 is 7.16. The van der Waals surface area contributed by atoms with E-state index in [0.717, 1.165) is 32.2 Å². The predicted molar refractivity (Wildman–Crippen MR) is 188 cm³/mol. The van der Waals surface area contributed by atoms with Crippen LogP contribution in [0.1, 0.15) is 20.9 Å². The molecule has 2 nitrogen and oxygen atoms in total. The zero-order valence-corrected chi connectivity index (χ0v) is 25.5. The van der Waals surface area contributed by atoms with Crippen LogP contribution in [0.2, 0.25) is 0 Å². The molecule has 0 aliphatic heterocycles. The normalized spacial score (nSPS) is 12.1. The predicted octanol–water partition coefficient (Wildman–Crippen LogP) is 11.9. The SMILES string of the molecule is C(=Cc1cc2sc(C=Cc3ccc(-c4nc5ccccc5s4)cc3)cc2s1)c1ccc(-c2nc3ccccc3s2)cc1. The van der Waals surface area contributed by atoms with E-state index in [1.54, 1.807) is 22.7 Å². The highest BCUT2D eigenvalue weighted by atomic mass is 32.1. The van der Waals surface area contributed by atoms with E-state index in [4.69, 9.17) is 9.97 Å². The third-order valence-corrected chi connectivity index (χ3v) is 11.4. The molecule has 0 saturated carbocycles. The minimum atomic E-state index is 1.06. The molecule has 0 aliphatic carbocycles. The maximum atomic E-state index is 4.78. The Morgan fingerprint density at radius 3 is 1.26 bits per heavy atom. The molecule has 0 amide bonds. The summed E-state index contributed by atoms with van der Waals surface area (Å²) in [4.78, 5) is 12.1. The van der Waals surface area contributed by atoms with Gasteiger partial charge in [-0.3, -0.25) is 0 Å². The maximum absolute atomic E-state index is 4.78. The molecule has 0 unspecified atom stereocenters. The highest BCUT2D eigenvalue weighted by Gasteiger charge is 2.08. The zero-order valence-electron chi connectivity index (χ0n) is 22.2. The fraction of sp³-hybridized carbons (Fsp3) is 0. The summed E-state index contributed by atoms with van der Waals surface area (Å²) < 4.78 is 5.11. The highest BCUT2D eigenvalue weighted by molar-refractivity contribution is 7.28. The first-order valence-corrected chi connectivity index (χ1v) is 16.8. The molecule has 0 bridgehead atoms. The first-order chi connectivity index (χ1) is 20.7. The van der Waals surface area contributed by atoms with Crippen LogP contribution >= 0.6 is 45.3 Å². The molecule has 6 heteroatoms. The van der Waals surface area contributed by atoms with Crippen molar-refractivity contribution in [2.24, 2.45) is 0 Å². The maximum Gasteiger partial charge on any atom is 0.124 e. The minimum absolute atomic E-state index is 1.06. The molecule has 4 aromatic heterocycles. The number of hydrogen-bond donors (Lipinski definition) is 0. The van der Waals surface area contributed by atoms with Crippen LogP contribution < -0.4 is 0 Å². The number of fused-ring (bicyclic) bond motifs is 3. The lowest BCUT2D eigenvalue weighted by molar-refractivity contribution is 1.47. The van der Waals surface area contributed by atoms with Gasteiger partial charge in [0.05, 0.1) is 20.4 Å². The quantitative estimate of drug-likeness (QED) is 0.187. The minimum Gasteiger partial charge on any atom is -0.236 e. The average molecular weight is 611 g/mol. The van der Waals surface area contributed by atoms with Crippen LogP contribution in [0.25, 0.3) is 75.3 Å². The van der Waals surface area contributed by atoms with Gasteiger partial charge in [0.25, 0.3) is 0 Å². The summed E-state index contributed by atoms with van der Waals surface area (Å²) in [7, 11) is 0. The van der Waals surface area contributed by atoms with Gasteiger partial charge in [-0.1, -0.05) is 84.9 Å². The van der Waals surface area contributed by atoms with Crippen molar-refractivity contribution in [3.05, 3.63) is 130 Å². The number of nitrogens with zero attached hydrogens (tertiary/aromatic N) is 2. The summed E-state index contributed by atoms with van der Waals surface area (Å²) in [5.41, 5.74) is 6.83. The summed E-state index contributed by atoms with van der Waals surface area (Å²) in [5.74, 6) is 0. The standard InChI is InChI=1S/C36H22N2S4/c1-3-7-31-29(5-1)37-35(41-31)25-15-9-23(10-16-25)13-19-27-21-33-34(39-27)22-28(40-33)20-14-24-11-17-26(18-12-24)36-38-30-6-2-4-8-32(30)42-36/h1-22H. The molecule has 0 spiro atoms.